The number of pyridine rings is 1. The van der Waals surface area contributed by atoms with Crippen molar-refractivity contribution in [1.82, 2.24) is 20.1 Å². The van der Waals surface area contributed by atoms with Gasteiger partial charge in [0, 0.05) is 42.7 Å². The number of fused-ring (bicyclic) bond motifs is 1. The first-order valence-corrected chi connectivity index (χ1v) is 5.43. The van der Waals surface area contributed by atoms with Gasteiger partial charge in [-0.05, 0) is 13.0 Å². The lowest BCUT2D eigenvalue weighted by molar-refractivity contribution is 0.0966. The lowest BCUT2D eigenvalue weighted by Gasteiger charge is -2.00. The van der Waals surface area contributed by atoms with E-state index in [0.717, 1.165) is 28.1 Å². The van der Waals surface area contributed by atoms with Crippen LogP contribution in [0.1, 0.15) is 21.6 Å². The number of nitrogens with zero attached hydrogens (tertiary/aromatic N) is 3. The molecule has 0 spiro atoms. The van der Waals surface area contributed by atoms with Crippen molar-refractivity contribution < 1.29 is 4.79 Å². The molecule has 0 saturated carbocycles. The fourth-order valence-corrected chi connectivity index (χ4v) is 2.11. The molecule has 1 aliphatic rings. The summed E-state index contributed by atoms with van der Waals surface area (Å²) in [5, 5.41) is 7.06. The number of carbonyl (C=O) groups is 1. The summed E-state index contributed by atoms with van der Waals surface area (Å²) in [6.07, 6.45) is 3.67. The highest BCUT2D eigenvalue weighted by Gasteiger charge is 2.20. The van der Waals surface area contributed by atoms with Crippen molar-refractivity contribution in [3.63, 3.8) is 0 Å². The van der Waals surface area contributed by atoms with Gasteiger partial charge in [0.2, 0.25) is 0 Å². The molecule has 0 atom stereocenters. The molecule has 3 heterocycles. The molecule has 5 heteroatoms. The highest BCUT2D eigenvalue weighted by Crippen LogP contribution is 2.24. The summed E-state index contributed by atoms with van der Waals surface area (Å²) in [6, 6.07) is 1.84. The summed E-state index contributed by atoms with van der Waals surface area (Å²) >= 11 is 0. The Balaban J connectivity index is 2.14. The van der Waals surface area contributed by atoms with Crippen LogP contribution in [0, 0.1) is 6.92 Å². The van der Waals surface area contributed by atoms with Crippen molar-refractivity contribution in [2.24, 2.45) is 7.05 Å². The molecule has 0 aromatic carbocycles. The maximum absolute atomic E-state index is 11.6. The van der Waals surface area contributed by atoms with Crippen LogP contribution in [0.15, 0.2) is 18.5 Å². The minimum absolute atomic E-state index is 0.0230. The van der Waals surface area contributed by atoms with Gasteiger partial charge in [-0.15, -0.1) is 0 Å². The summed E-state index contributed by atoms with van der Waals surface area (Å²) in [6.45, 7) is 2.51. The van der Waals surface area contributed by atoms with Gasteiger partial charge in [0.25, 0.3) is 5.91 Å². The van der Waals surface area contributed by atoms with Gasteiger partial charge in [0.05, 0.1) is 11.4 Å². The highest BCUT2D eigenvalue weighted by molar-refractivity contribution is 5.99. The number of aromatic nitrogens is 3. The third-order valence-electron chi connectivity index (χ3n) is 2.96. The quantitative estimate of drug-likeness (QED) is 0.793. The van der Waals surface area contributed by atoms with E-state index in [1.807, 2.05) is 26.2 Å². The minimum atomic E-state index is -0.0230. The zero-order chi connectivity index (χ0) is 12.0. The number of hydrogen-bond acceptors (Lipinski definition) is 3. The molecule has 0 bridgehead atoms. The monoisotopic (exact) mass is 228 g/mol. The molecule has 86 valence electrons. The van der Waals surface area contributed by atoms with Gasteiger partial charge < -0.3 is 5.32 Å². The van der Waals surface area contributed by atoms with Crippen LogP contribution < -0.4 is 5.32 Å². The summed E-state index contributed by atoms with van der Waals surface area (Å²) in [7, 11) is 1.87. The number of amides is 1. The van der Waals surface area contributed by atoms with E-state index >= 15 is 0 Å². The van der Waals surface area contributed by atoms with Crippen molar-refractivity contribution in [1.29, 1.82) is 0 Å². The largest absolute Gasteiger partial charge is 0.348 e. The first-order chi connectivity index (χ1) is 8.15. The molecule has 0 fully saturated rings. The van der Waals surface area contributed by atoms with Crippen LogP contribution in [0.4, 0.5) is 0 Å². The SMILES string of the molecule is Cc1nn(C)cc1-c1cc2c(cn1)CNC2=O. The molecule has 2 aromatic rings. The topological polar surface area (TPSA) is 59.8 Å². The molecule has 1 N–H and O–H groups in total. The van der Waals surface area contributed by atoms with Gasteiger partial charge in [-0.2, -0.15) is 5.10 Å². The molecular formula is C12H12N4O. The van der Waals surface area contributed by atoms with Gasteiger partial charge in [-0.3, -0.25) is 14.5 Å². The number of nitrogens with one attached hydrogen (secondary N) is 1. The first kappa shape index (κ1) is 10.0. The molecule has 0 unspecified atom stereocenters. The van der Waals surface area contributed by atoms with Crippen LogP contribution in [-0.4, -0.2) is 20.7 Å². The lowest BCUT2D eigenvalue weighted by Crippen LogP contribution is -2.12. The zero-order valence-corrected chi connectivity index (χ0v) is 9.69. The normalized spacial score (nSPS) is 13.6. The molecule has 0 radical (unpaired) electrons. The summed E-state index contributed by atoms with van der Waals surface area (Å²) in [5.74, 6) is -0.0230. The number of hydrogen-bond donors (Lipinski definition) is 1. The standard InChI is InChI=1S/C12H12N4O/c1-7-10(6-16(2)15-7)11-3-9-8(4-13-11)5-14-12(9)17/h3-4,6H,5H2,1-2H3,(H,14,17). The molecule has 3 rings (SSSR count). The van der Waals surface area contributed by atoms with Crippen LogP contribution in [0.3, 0.4) is 0 Å². The average Bonchev–Trinajstić information content (AvgIpc) is 2.83. The van der Waals surface area contributed by atoms with E-state index < -0.39 is 0 Å². The summed E-state index contributed by atoms with van der Waals surface area (Å²) < 4.78 is 1.75. The van der Waals surface area contributed by atoms with E-state index in [1.165, 1.54) is 0 Å². The summed E-state index contributed by atoms with van der Waals surface area (Å²) in [5.41, 5.74) is 4.36. The zero-order valence-electron chi connectivity index (χ0n) is 9.69. The van der Waals surface area contributed by atoms with Crippen molar-refractivity contribution in [3.05, 3.63) is 35.3 Å². The Morgan fingerprint density at radius 1 is 1.41 bits per heavy atom. The third kappa shape index (κ3) is 1.51. The van der Waals surface area contributed by atoms with E-state index in [2.05, 4.69) is 15.4 Å². The first-order valence-electron chi connectivity index (χ1n) is 5.43. The van der Waals surface area contributed by atoms with Crippen LogP contribution in [0.25, 0.3) is 11.3 Å². The van der Waals surface area contributed by atoms with Gasteiger partial charge in [0.15, 0.2) is 0 Å². The van der Waals surface area contributed by atoms with Crippen LogP contribution in [0.5, 0.6) is 0 Å². The van der Waals surface area contributed by atoms with E-state index in [4.69, 9.17) is 0 Å². The van der Waals surface area contributed by atoms with E-state index in [1.54, 1.807) is 10.9 Å². The Hall–Kier alpha value is -2.17. The summed E-state index contributed by atoms with van der Waals surface area (Å²) in [4.78, 5) is 16.0. The fourth-order valence-electron chi connectivity index (χ4n) is 2.11. The van der Waals surface area contributed by atoms with Crippen LogP contribution >= 0.6 is 0 Å². The minimum Gasteiger partial charge on any atom is -0.348 e. The molecule has 1 amide bonds. The third-order valence-corrected chi connectivity index (χ3v) is 2.96. The molecule has 1 aliphatic heterocycles. The van der Waals surface area contributed by atoms with Crippen LogP contribution in [0.2, 0.25) is 0 Å². The Morgan fingerprint density at radius 2 is 2.24 bits per heavy atom. The van der Waals surface area contributed by atoms with Gasteiger partial charge in [0.1, 0.15) is 0 Å². The second kappa shape index (κ2) is 3.41. The Kier molecular flexibility index (Phi) is 2.01. The smallest absolute Gasteiger partial charge is 0.252 e. The van der Waals surface area contributed by atoms with E-state index in [0.29, 0.717) is 6.54 Å². The fraction of sp³-hybridized carbons (Fsp3) is 0.250. The van der Waals surface area contributed by atoms with Gasteiger partial charge >= 0.3 is 0 Å². The van der Waals surface area contributed by atoms with Crippen molar-refractivity contribution in [2.75, 3.05) is 0 Å². The Bertz CT molecular complexity index is 615. The van der Waals surface area contributed by atoms with Crippen molar-refractivity contribution in [2.45, 2.75) is 13.5 Å². The lowest BCUT2D eigenvalue weighted by atomic mass is 10.1. The Labute approximate surface area is 98.5 Å². The molecule has 17 heavy (non-hydrogen) atoms. The van der Waals surface area contributed by atoms with E-state index in [-0.39, 0.29) is 5.91 Å². The molecule has 0 aliphatic carbocycles. The average molecular weight is 228 g/mol. The van der Waals surface area contributed by atoms with Crippen molar-refractivity contribution in [3.8, 4) is 11.3 Å². The predicted octanol–water partition coefficient (Wildman–Crippen LogP) is 1.03. The maximum Gasteiger partial charge on any atom is 0.252 e. The molecular weight excluding hydrogens is 216 g/mol. The highest BCUT2D eigenvalue weighted by atomic mass is 16.1. The predicted molar refractivity (Wildman–Crippen MR) is 62.3 cm³/mol. The second-order valence-corrected chi connectivity index (χ2v) is 4.21. The van der Waals surface area contributed by atoms with Gasteiger partial charge in [-0.25, -0.2) is 0 Å². The van der Waals surface area contributed by atoms with Crippen molar-refractivity contribution >= 4 is 5.91 Å². The maximum atomic E-state index is 11.6. The number of aryl methyl sites for hydroxylation is 2. The molecule has 0 saturated heterocycles. The second-order valence-electron chi connectivity index (χ2n) is 4.21. The molecule has 5 nitrogen and oxygen atoms in total. The van der Waals surface area contributed by atoms with E-state index in [9.17, 15) is 4.79 Å². The van der Waals surface area contributed by atoms with Gasteiger partial charge in [-0.1, -0.05) is 0 Å². The Morgan fingerprint density at radius 3 is 2.94 bits per heavy atom. The molecule has 2 aromatic heterocycles. The number of rotatable bonds is 1. The van der Waals surface area contributed by atoms with Crippen LogP contribution in [-0.2, 0) is 13.6 Å². The number of carbonyl (C=O) groups excluding carboxylic acids is 1.